The van der Waals surface area contributed by atoms with Crippen LogP contribution in [0.3, 0.4) is 0 Å². The van der Waals surface area contributed by atoms with E-state index in [2.05, 4.69) is 4.98 Å². The van der Waals surface area contributed by atoms with Crippen molar-refractivity contribution < 1.29 is 9.52 Å². The Morgan fingerprint density at radius 2 is 2.55 bits per heavy atom. The lowest BCUT2D eigenvalue weighted by atomic mass is 10.3. The minimum absolute atomic E-state index is 0.165. The third-order valence-electron chi connectivity index (χ3n) is 1.43. The molecule has 0 saturated carbocycles. The fourth-order valence-electron chi connectivity index (χ4n) is 0.758. The second-order valence-electron chi connectivity index (χ2n) is 2.26. The van der Waals surface area contributed by atoms with Gasteiger partial charge in [-0.2, -0.15) is 0 Å². The molecule has 1 atom stereocenters. The highest BCUT2D eigenvalue weighted by molar-refractivity contribution is 4.98. The first-order valence-electron chi connectivity index (χ1n) is 3.60. The van der Waals surface area contributed by atoms with Gasteiger partial charge in [0.15, 0.2) is 11.7 Å². The Labute approximate surface area is 65.0 Å². The van der Waals surface area contributed by atoms with E-state index in [1.54, 1.807) is 0 Å². The zero-order chi connectivity index (χ0) is 8.27. The molecule has 0 fully saturated rings. The molecule has 0 saturated heterocycles. The topological polar surface area (TPSA) is 72.3 Å². The van der Waals surface area contributed by atoms with Crippen molar-refractivity contribution in [2.75, 3.05) is 6.54 Å². The lowest BCUT2D eigenvalue weighted by Crippen LogP contribution is -2.10. The molecule has 1 heterocycles. The lowest BCUT2D eigenvalue weighted by molar-refractivity contribution is 0.156. The van der Waals surface area contributed by atoms with E-state index < -0.39 is 6.10 Å². The van der Waals surface area contributed by atoms with Crippen molar-refractivity contribution in [3.63, 3.8) is 0 Å². The van der Waals surface area contributed by atoms with Crippen LogP contribution in [-0.4, -0.2) is 16.6 Å². The van der Waals surface area contributed by atoms with Crippen LogP contribution in [0.15, 0.2) is 10.6 Å². The molecule has 62 valence electrons. The Morgan fingerprint density at radius 1 is 1.82 bits per heavy atom. The van der Waals surface area contributed by atoms with Crippen LogP contribution in [0.4, 0.5) is 0 Å². The fourth-order valence-corrected chi connectivity index (χ4v) is 0.758. The van der Waals surface area contributed by atoms with Crippen molar-refractivity contribution in [1.29, 1.82) is 0 Å². The molecule has 0 spiro atoms. The van der Waals surface area contributed by atoms with Gasteiger partial charge in [-0.05, 0) is 0 Å². The molecule has 4 nitrogen and oxygen atoms in total. The Balaban J connectivity index is 2.71. The number of rotatable bonds is 3. The van der Waals surface area contributed by atoms with E-state index >= 15 is 0 Å². The molecule has 4 heteroatoms. The van der Waals surface area contributed by atoms with Crippen LogP contribution in [0, 0.1) is 0 Å². The maximum atomic E-state index is 9.18. The Morgan fingerprint density at radius 3 is 3.00 bits per heavy atom. The monoisotopic (exact) mass is 156 g/mol. The molecule has 11 heavy (non-hydrogen) atoms. The van der Waals surface area contributed by atoms with Crippen molar-refractivity contribution in [2.24, 2.45) is 5.73 Å². The number of hydrogen-bond acceptors (Lipinski definition) is 4. The van der Waals surface area contributed by atoms with Gasteiger partial charge in [0.25, 0.3) is 0 Å². The Kier molecular flexibility index (Phi) is 2.62. The van der Waals surface area contributed by atoms with Crippen LogP contribution in [0.5, 0.6) is 0 Å². The number of oxazole rings is 1. The van der Waals surface area contributed by atoms with E-state index in [4.69, 9.17) is 10.2 Å². The predicted molar refractivity (Wildman–Crippen MR) is 39.9 cm³/mol. The average Bonchev–Trinajstić information content (AvgIpc) is 2.50. The van der Waals surface area contributed by atoms with Gasteiger partial charge in [-0.1, -0.05) is 6.92 Å². The number of aliphatic hydroxyl groups excluding tert-OH is 1. The highest BCUT2D eigenvalue weighted by atomic mass is 16.4. The predicted octanol–water partition coefficient (Wildman–Crippen LogP) is 0.229. The van der Waals surface area contributed by atoms with E-state index in [-0.39, 0.29) is 6.54 Å². The zero-order valence-electron chi connectivity index (χ0n) is 6.45. The first-order valence-corrected chi connectivity index (χ1v) is 3.60. The van der Waals surface area contributed by atoms with Crippen LogP contribution < -0.4 is 5.73 Å². The van der Waals surface area contributed by atoms with Crippen molar-refractivity contribution in [3.8, 4) is 0 Å². The van der Waals surface area contributed by atoms with Crippen molar-refractivity contribution in [1.82, 2.24) is 4.98 Å². The van der Waals surface area contributed by atoms with Gasteiger partial charge < -0.3 is 15.3 Å². The van der Waals surface area contributed by atoms with Crippen LogP contribution in [0.25, 0.3) is 0 Å². The molecule has 1 rings (SSSR count). The smallest absolute Gasteiger partial charge is 0.194 e. The summed E-state index contributed by atoms with van der Waals surface area (Å²) >= 11 is 0. The van der Waals surface area contributed by atoms with Crippen molar-refractivity contribution in [2.45, 2.75) is 19.4 Å². The summed E-state index contributed by atoms with van der Waals surface area (Å²) in [7, 11) is 0. The number of nitrogens with zero attached hydrogens (tertiary/aromatic N) is 1. The van der Waals surface area contributed by atoms with Crippen LogP contribution in [0.1, 0.15) is 24.7 Å². The van der Waals surface area contributed by atoms with Gasteiger partial charge in [-0.25, -0.2) is 4.98 Å². The normalized spacial score (nSPS) is 13.4. The first kappa shape index (κ1) is 8.23. The number of hydrogen-bond donors (Lipinski definition) is 2. The minimum atomic E-state index is -0.720. The second kappa shape index (κ2) is 3.50. The van der Waals surface area contributed by atoms with Crippen LogP contribution in [0.2, 0.25) is 0 Å². The van der Waals surface area contributed by atoms with Crippen molar-refractivity contribution in [3.05, 3.63) is 17.8 Å². The number of aryl methyl sites for hydroxylation is 1. The molecule has 0 amide bonds. The molecule has 0 bridgehead atoms. The quantitative estimate of drug-likeness (QED) is 0.657. The number of aliphatic hydroxyl groups is 1. The van der Waals surface area contributed by atoms with Gasteiger partial charge in [0.1, 0.15) is 6.10 Å². The molecular weight excluding hydrogens is 144 g/mol. The van der Waals surface area contributed by atoms with E-state index in [9.17, 15) is 5.11 Å². The van der Waals surface area contributed by atoms with Gasteiger partial charge >= 0.3 is 0 Å². The summed E-state index contributed by atoms with van der Waals surface area (Å²) in [6.45, 7) is 2.10. The van der Waals surface area contributed by atoms with Crippen molar-refractivity contribution >= 4 is 0 Å². The molecule has 0 radical (unpaired) electrons. The van der Waals surface area contributed by atoms with E-state index in [0.717, 1.165) is 6.42 Å². The summed E-state index contributed by atoms with van der Waals surface area (Å²) in [4.78, 5) is 3.92. The third-order valence-corrected chi connectivity index (χ3v) is 1.43. The summed E-state index contributed by atoms with van der Waals surface area (Å²) in [5, 5.41) is 9.18. The minimum Gasteiger partial charge on any atom is -0.443 e. The molecule has 1 aromatic rings. The summed E-state index contributed by atoms with van der Waals surface area (Å²) in [5.41, 5.74) is 5.22. The Hall–Kier alpha value is -0.870. The molecule has 0 aliphatic rings. The third kappa shape index (κ3) is 1.78. The fraction of sp³-hybridized carbons (Fsp3) is 0.571. The molecule has 0 aliphatic heterocycles. The van der Waals surface area contributed by atoms with E-state index in [1.807, 2.05) is 6.92 Å². The molecule has 0 aromatic carbocycles. The summed E-state index contributed by atoms with van der Waals surface area (Å²) in [6.07, 6.45) is 1.52. The maximum Gasteiger partial charge on any atom is 0.194 e. The highest BCUT2D eigenvalue weighted by Gasteiger charge is 2.10. The summed E-state index contributed by atoms with van der Waals surface area (Å²) in [6, 6.07) is 0. The second-order valence-corrected chi connectivity index (χ2v) is 2.26. The molecule has 3 N–H and O–H groups in total. The maximum absolute atomic E-state index is 9.18. The largest absolute Gasteiger partial charge is 0.443 e. The van der Waals surface area contributed by atoms with Gasteiger partial charge in [0.2, 0.25) is 0 Å². The average molecular weight is 156 g/mol. The Bertz CT molecular complexity index is 222. The number of aromatic nitrogens is 1. The number of nitrogens with two attached hydrogens (primary N) is 1. The molecule has 1 aromatic heterocycles. The standard InChI is InChI=1S/C7H12N2O2/c1-2-7-9-4-6(11-7)5(10)3-8/h4-5,10H,2-3,8H2,1H3. The lowest BCUT2D eigenvalue weighted by Gasteiger charge is -2.00. The van der Waals surface area contributed by atoms with E-state index in [0.29, 0.717) is 11.7 Å². The van der Waals surface area contributed by atoms with Gasteiger partial charge in [-0.15, -0.1) is 0 Å². The SMILES string of the molecule is CCc1ncc(C(O)CN)o1. The summed E-state index contributed by atoms with van der Waals surface area (Å²) < 4.78 is 5.14. The molecule has 0 aliphatic carbocycles. The van der Waals surface area contributed by atoms with Gasteiger partial charge in [-0.3, -0.25) is 0 Å². The first-order chi connectivity index (χ1) is 5.27. The zero-order valence-corrected chi connectivity index (χ0v) is 6.45. The van der Waals surface area contributed by atoms with Crippen LogP contribution in [-0.2, 0) is 6.42 Å². The molecule has 1 unspecified atom stereocenters. The summed E-state index contributed by atoms with van der Waals surface area (Å²) in [5.74, 6) is 1.08. The van der Waals surface area contributed by atoms with Gasteiger partial charge in [0.05, 0.1) is 6.20 Å². The van der Waals surface area contributed by atoms with Gasteiger partial charge in [0, 0.05) is 13.0 Å². The van der Waals surface area contributed by atoms with Crippen LogP contribution >= 0.6 is 0 Å². The highest BCUT2D eigenvalue weighted by Crippen LogP contribution is 2.12. The molecular formula is C7H12N2O2. The van der Waals surface area contributed by atoms with E-state index in [1.165, 1.54) is 6.20 Å².